The number of fused-ring (bicyclic) bond motifs is 2. The van der Waals surface area contributed by atoms with Gasteiger partial charge in [0, 0.05) is 58.6 Å². The predicted octanol–water partition coefficient (Wildman–Crippen LogP) is 3.93. The number of benzene rings is 2. The monoisotopic (exact) mass is 654 g/mol. The van der Waals surface area contributed by atoms with Crippen LogP contribution in [0.1, 0.15) is 81.5 Å². The van der Waals surface area contributed by atoms with E-state index in [1.165, 1.54) is 28.0 Å². The number of allylic oxidation sites excluding steroid dienone is 3. The number of carbonyl (C=O) groups is 3. The summed E-state index contributed by atoms with van der Waals surface area (Å²) >= 11 is 0. The lowest BCUT2D eigenvalue weighted by molar-refractivity contribution is -0.385. The number of nitro groups is 2. The molecule has 0 saturated carbocycles. The first-order valence-electron chi connectivity index (χ1n) is 14.3. The van der Waals surface area contributed by atoms with Gasteiger partial charge in [-0.15, -0.1) is 0 Å². The van der Waals surface area contributed by atoms with Crippen molar-refractivity contribution < 1.29 is 43.7 Å². The van der Waals surface area contributed by atoms with Crippen LogP contribution in [0.25, 0.3) is 11.1 Å². The Balaban J connectivity index is 0.000000184. The van der Waals surface area contributed by atoms with E-state index in [-0.39, 0.29) is 60.0 Å². The number of hydrogen-bond acceptors (Lipinski definition) is 9. The van der Waals surface area contributed by atoms with Crippen molar-refractivity contribution >= 4 is 47.7 Å². The number of aliphatic hydroxyl groups is 1. The fraction of sp³-hybridized carbons (Fsp3) is 0.367. The van der Waals surface area contributed by atoms with Gasteiger partial charge >= 0.3 is 7.60 Å². The molecule has 0 saturated heterocycles. The van der Waals surface area contributed by atoms with Gasteiger partial charge in [0.2, 0.25) is 0 Å². The minimum atomic E-state index is -4.67. The Morgan fingerprint density at radius 3 is 1.63 bits per heavy atom. The van der Waals surface area contributed by atoms with Crippen LogP contribution in [0.3, 0.4) is 0 Å². The second-order valence-electron chi connectivity index (χ2n) is 11.7. The molecule has 2 amide bonds. The maximum Gasteiger partial charge on any atom is 0.357 e. The summed E-state index contributed by atoms with van der Waals surface area (Å²) in [6.45, 7) is 0.599. The summed E-state index contributed by atoms with van der Waals surface area (Å²) in [6.07, 6.45) is 4.76. The zero-order valence-electron chi connectivity index (χ0n) is 25.0. The van der Waals surface area contributed by atoms with Crippen molar-refractivity contribution in [2.45, 2.75) is 57.0 Å². The van der Waals surface area contributed by atoms with Gasteiger partial charge in [-0.2, -0.15) is 0 Å². The summed E-state index contributed by atoms with van der Waals surface area (Å²) in [4.78, 5) is 78.4. The molecule has 242 valence electrons. The molecule has 0 fully saturated rings. The Kier molecular flexibility index (Phi) is 8.55. The Labute approximate surface area is 262 Å². The van der Waals surface area contributed by atoms with Crippen LogP contribution in [0.15, 0.2) is 36.4 Å². The van der Waals surface area contributed by atoms with Crippen molar-refractivity contribution in [2.24, 2.45) is 0 Å². The van der Waals surface area contributed by atoms with E-state index in [1.54, 1.807) is 26.2 Å². The number of ketones is 1. The van der Waals surface area contributed by atoms with E-state index < -0.39 is 28.7 Å². The maximum atomic E-state index is 12.3. The molecule has 4 aliphatic rings. The molecular weight excluding hydrogens is 623 g/mol. The van der Waals surface area contributed by atoms with E-state index in [0.717, 1.165) is 11.1 Å². The van der Waals surface area contributed by atoms with Crippen molar-refractivity contribution in [1.29, 1.82) is 0 Å². The van der Waals surface area contributed by atoms with E-state index in [0.29, 0.717) is 48.1 Å². The number of nitrogens with zero attached hydrogens (tertiary/aromatic N) is 4. The molecule has 3 N–H and O–H groups in total. The molecule has 16 heteroatoms. The summed E-state index contributed by atoms with van der Waals surface area (Å²) in [7, 11) is -1.48. The normalized spacial score (nSPS) is 20.8. The third-order valence-corrected chi connectivity index (χ3v) is 10.3. The van der Waals surface area contributed by atoms with E-state index in [9.17, 15) is 54.1 Å². The molecule has 0 aromatic heterocycles. The van der Waals surface area contributed by atoms with Gasteiger partial charge in [0.25, 0.3) is 23.2 Å². The van der Waals surface area contributed by atoms with Crippen LogP contribution < -0.4 is 0 Å². The highest BCUT2D eigenvalue weighted by Gasteiger charge is 2.46. The molecule has 1 atom stereocenters. The zero-order valence-corrected chi connectivity index (χ0v) is 25.9. The first-order valence-corrected chi connectivity index (χ1v) is 15.9. The van der Waals surface area contributed by atoms with Crippen LogP contribution in [-0.2, 0) is 22.4 Å². The van der Waals surface area contributed by atoms with E-state index in [1.807, 2.05) is 6.08 Å². The second kappa shape index (κ2) is 12.0. The lowest BCUT2D eigenvalue weighted by atomic mass is 9.87. The van der Waals surface area contributed by atoms with Gasteiger partial charge in [0.15, 0.2) is 5.34 Å². The minimum Gasteiger partial charge on any atom is -0.377 e. The molecule has 2 aromatic carbocycles. The first-order chi connectivity index (χ1) is 21.5. The SMILES string of the molecule is CN1Cc2c(C3=CCC(=O)CC3)ccc([N+](=O)[O-])c2C1=O.CN1Cc2c(C3=CCC(O)(P(=O)(O)O)CC3)ccc([N+](=O)[O-])c2C1=O. The summed E-state index contributed by atoms with van der Waals surface area (Å²) in [5, 5.41) is 30.3. The first kappa shape index (κ1) is 32.8. The zero-order chi connectivity index (χ0) is 33.7. The number of nitro benzene ring substituents is 2. The molecule has 2 aromatic rings. The van der Waals surface area contributed by atoms with Crippen molar-refractivity contribution in [3.8, 4) is 0 Å². The average molecular weight is 655 g/mol. The Hall–Kier alpha value is -4.56. The van der Waals surface area contributed by atoms with Crippen molar-refractivity contribution in [1.82, 2.24) is 9.80 Å². The van der Waals surface area contributed by atoms with E-state index in [2.05, 4.69) is 0 Å². The highest BCUT2D eigenvalue weighted by Crippen LogP contribution is 2.56. The number of amides is 2. The fourth-order valence-electron chi connectivity index (χ4n) is 6.28. The lowest BCUT2D eigenvalue weighted by Gasteiger charge is -2.32. The Morgan fingerprint density at radius 2 is 1.26 bits per heavy atom. The topological polar surface area (TPSA) is 222 Å². The summed E-state index contributed by atoms with van der Waals surface area (Å²) in [6, 6.07) is 5.92. The largest absolute Gasteiger partial charge is 0.377 e. The van der Waals surface area contributed by atoms with Gasteiger partial charge in [-0.05, 0) is 64.8 Å². The van der Waals surface area contributed by atoms with Gasteiger partial charge in [-0.1, -0.05) is 12.2 Å². The quantitative estimate of drug-likeness (QED) is 0.238. The summed E-state index contributed by atoms with van der Waals surface area (Å²) in [5.74, 6) is -0.539. The molecule has 6 rings (SSSR count). The number of Topliss-reactive ketones (excluding diaryl/α,β-unsaturated/α-hetero) is 1. The van der Waals surface area contributed by atoms with Crippen LogP contribution in [0, 0.1) is 20.2 Å². The highest BCUT2D eigenvalue weighted by atomic mass is 31.2. The molecule has 2 aliphatic carbocycles. The van der Waals surface area contributed by atoms with Gasteiger partial charge in [0.1, 0.15) is 16.9 Å². The van der Waals surface area contributed by atoms with Crippen LogP contribution in [-0.4, -0.2) is 71.6 Å². The molecule has 0 bridgehead atoms. The highest BCUT2D eigenvalue weighted by molar-refractivity contribution is 7.53. The summed E-state index contributed by atoms with van der Waals surface area (Å²) in [5.41, 5.74) is 4.32. The van der Waals surface area contributed by atoms with Crippen LogP contribution in [0.2, 0.25) is 0 Å². The van der Waals surface area contributed by atoms with E-state index >= 15 is 0 Å². The smallest absolute Gasteiger partial charge is 0.357 e. The van der Waals surface area contributed by atoms with Crippen LogP contribution in [0.4, 0.5) is 11.4 Å². The molecule has 2 aliphatic heterocycles. The molecular formula is C30H31N4O11P. The van der Waals surface area contributed by atoms with E-state index in [4.69, 9.17) is 0 Å². The number of carbonyl (C=O) groups excluding carboxylic acids is 3. The molecule has 2 heterocycles. The second-order valence-corrected chi connectivity index (χ2v) is 13.7. The third-order valence-electron chi connectivity index (χ3n) is 8.84. The standard InChI is InChI=1S/C15H17N2O7P.C15H14N2O4/c1-16-8-11-10(2-3-12(17(20)21)13(11)14(16)18)9-4-6-15(19,7-5-9)25(22,23)24;1-16-8-12-11(9-2-4-10(18)5-3-9)6-7-13(17(20)21)14(12)15(16)19/h2-4,19H,5-8H2,1H3,(H2,22,23,24);2,6-7H,3-5,8H2,1H3. The van der Waals surface area contributed by atoms with Crippen molar-refractivity contribution in [3.63, 3.8) is 0 Å². The van der Waals surface area contributed by atoms with Gasteiger partial charge < -0.3 is 24.7 Å². The molecule has 1 unspecified atom stereocenters. The number of rotatable bonds is 5. The minimum absolute atomic E-state index is 0.0572. The Morgan fingerprint density at radius 1 is 0.783 bits per heavy atom. The van der Waals surface area contributed by atoms with Crippen LogP contribution >= 0.6 is 7.60 Å². The predicted molar refractivity (Wildman–Crippen MR) is 163 cm³/mol. The average Bonchev–Trinajstić information content (AvgIpc) is 3.47. The lowest BCUT2D eigenvalue weighted by Crippen LogP contribution is -2.30. The molecule has 15 nitrogen and oxygen atoms in total. The van der Waals surface area contributed by atoms with Gasteiger partial charge in [-0.3, -0.25) is 39.2 Å². The van der Waals surface area contributed by atoms with Crippen molar-refractivity contribution in [2.75, 3.05) is 14.1 Å². The summed E-state index contributed by atoms with van der Waals surface area (Å²) < 4.78 is 11.4. The molecule has 0 radical (unpaired) electrons. The van der Waals surface area contributed by atoms with Gasteiger partial charge in [-0.25, -0.2) is 0 Å². The Bertz CT molecular complexity index is 1830. The molecule has 46 heavy (non-hydrogen) atoms. The van der Waals surface area contributed by atoms with Crippen molar-refractivity contribution in [3.05, 3.63) is 90.0 Å². The van der Waals surface area contributed by atoms with Crippen LogP contribution in [0.5, 0.6) is 0 Å². The van der Waals surface area contributed by atoms with Gasteiger partial charge in [0.05, 0.1) is 9.85 Å². The number of hydrogen-bond donors (Lipinski definition) is 3. The third kappa shape index (κ3) is 5.78. The molecule has 0 spiro atoms. The maximum absolute atomic E-state index is 12.3. The fourth-order valence-corrected chi connectivity index (χ4v) is 7.01.